The minimum absolute atomic E-state index is 0.214. The van der Waals surface area contributed by atoms with Gasteiger partial charge in [-0.2, -0.15) is 0 Å². The van der Waals surface area contributed by atoms with Crippen LogP contribution >= 0.6 is 0 Å². The Kier molecular flexibility index (Phi) is 5.35. The Morgan fingerprint density at radius 3 is 2.47 bits per heavy atom. The van der Waals surface area contributed by atoms with E-state index in [1.165, 1.54) is 0 Å². The van der Waals surface area contributed by atoms with Gasteiger partial charge >= 0.3 is 0 Å². The van der Waals surface area contributed by atoms with Gasteiger partial charge in [-0.1, -0.05) is 13.8 Å². The Hall–Kier alpha value is -1.16. The molecule has 0 spiro atoms. The Morgan fingerprint density at radius 1 is 1.24 bits per heavy atom. The summed E-state index contributed by atoms with van der Waals surface area (Å²) in [5.74, 6) is 1.36. The van der Waals surface area contributed by atoms with E-state index in [9.17, 15) is 0 Å². The van der Waals surface area contributed by atoms with Gasteiger partial charge in [0.05, 0.1) is 0 Å². The largest absolute Gasteiger partial charge is 0.396 e. The molecule has 0 radical (unpaired) electrons. The summed E-state index contributed by atoms with van der Waals surface area (Å²) < 4.78 is 0. The standard InChI is InChI=1S/C13H23N3O/c1-10(2)12-8-13(15-9-14-12)16(11(3)4)6-5-7-17/h8-11,17H,5-7H2,1-4H3. The summed E-state index contributed by atoms with van der Waals surface area (Å²) in [4.78, 5) is 10.8. The van der Waals surface area contributed by atoms with E-state index in [0.29, 0.717) is 12.0 Å². The van der Waals surface area contributed by atoms with Crippen LogP contribution in [-0.2, 0) is 0 Å². The molecule has 0 amide bonds. The number of hydrogen-bond donors (Lipinski definition) is 1. The molecule has 0 aliphatic heterocycles. The molecule has 1 N–H and O–H groups in total. The molecule has 0 bridgehead atoms. The van der Waals surface area contributed by atoms with Gasteiger partial charge in [0.25, 0.3) is 0 Å². The molecular weight excluding hydrogens is 214 g/mol. The summed E-state index contributed by atoms with van der Waals surface area (Å²) in [6.45, 7) is 9.55. The molecule has 1 rings (SSSR count). The lowest BCUT2D eigenvalue weighted by atomic mass is 10.1. The first-order valence-electron chi connectivity index (χ1n) is 6.25. The monoisotopic (exact) mass is 237 g/mol. The second kappa shape index (κ2) is 6.55. The molecule has 0 atom stereocenters. The molecule has 17 heavy (non-hydrogen) atoms. The fraction of sp³-hybridized carbons (Fsp3) is 0.692. The van der Waals surface area contributed by atoms with Crippen molar-refractivity contribution in [2.24, 2.45) is 0 Å². The molecule has 0 aliphatic carbocycles. The van der Waals surface area contributed by atoms with Crippen molar-refractivity contribution < 1.29 is 5.11 Å². The van der Waals surface area contributed by atoms with Crippen LogP contribution in [0, 0.1) is 0 Å². The fourth-order valence-corrected chi connectivity index (χ4v) is 1.71. The van der Waals surface area contributed by atoms with E-state index in [4.69, 9.17) is 5.11 Å². The molecule has 1 aromatic rings. The van der Waals surface area contributed by atoms with Gasteiger partial charge in [0.1, 0.15) is 12.1 Å². The molecular formula is C13H23N3O. The molecule has 0 fully saturated rings. The van der Waals surface area contributed by atoms with E-state index in [-0.39, 0.29) is 6.61 Å². The molecule has 0 aromatic carbocycles. The van der Waals surface area contributed by atoms with E-state index in [0.717, 1.165) is 24.5 Å². The van der Waals surface area contributed by atoms with Crippen LogP contribution in [0.2, 0.25) is 0 Å². The van der Waals surface area contributed by atoms with Crippen LogP contribution < -0.4 is 4.90 Å². The van der Waals surface area contributed by atoms with Crippen molar-refractivity contribution in [3.8, 4) is 0 Å². The first kappa shape index (κ1) is 13.9. The van der Waals surface area contributed by atoms with Gasteiger partial charge in [-0.05, 0) is 26.2 Å². The van der Waals surface area contributed by atoms with Gasteiger partial charge in [0.15, 0.2) is 0 Å². The highest BCUT2D eigenvalue weighted by molar-refractivity contribution is 5.40. The number of aliphatic hydroxyl groups is 1. The van der Waals surface area contributed by atoms with Gasteiger partial charge in [-0.3, -0.25) is 0 Å². The Balaban J connectivity index is 2.89. The molecule has 1 aromatic heterocycles. The zero-order chi connectivity index (χ0) is 12.8. The molecule has 0 aliphatic rings. The SMILES string of the molecule is CC(C)c1cc(N(CCCO)C(C)C)ncn1. The van der Waals surface area contributed by atoms with Crippen LogP contribution in [0.15, 0.2) is 12.4 Å². The molecule has 0 saturated carbocycles. The van der Waals surface area contributed by atoms with Crippen LogP contribution in [0.5, 0.6) is 0 Å². The van der Waals surface area contributed by atoms with Crippen LogP contribution in [0.4, 0.5) is 5.82 Å². The average Bonchev–Trinajstić information content (AvgIpc) is 2.29. The topological polar surface area (TPSA) is 49.2 Å². The summed E-state index contributed by atoms with van der Waals surface area (Å²) in [5, 5.41) is 8.93. The van der Waals surface area contributed by atoms with Crippen molar-refractivity contribution in [3.63, 3.8) is 0 Å². The maximum absolute atomic E-state index is 8.93. The predicted octanol–water partition coefficient (Wildman–Crippen LogP) is 2.20. The minimum Gasteiger partial charge on any atom is -0.396 e. The summed E-state index contributed by atoms with van der Waals surface area (Å²) in [5.41, 5.74) is 1.06. The van der Waals surface area contributed by atoms with E-state index in [2.05, 4.69) is 42.6 Å². The molecule has 96 valence electrons. The van der Waals surface area contributed by atoms with Crippen LogP contribution in [0.25, 0.3) is 0 Å². The third-order valence-corrected chi connectivity index (χ3v) is 2.74. The number of aliphatic hydroxyl groups excluding tert-OH is 1. The number of aromatic nitrogens is 2. The van der Waals surface area contributed by atoms with Crippen LogP contribution in [0.1, 0.15) is 45.7 Å². The maximum atomic E-state index is 8.93. The summed E-state index contributed by atoms with van der Waals surface area (Å²) in [6, 6.07) is 2.42. The highest BCUT2D eigenvalue weighted by Crippen LogP contribution is 2.18. The summed E-state index contributed by atoms with van der Waals surface area (Å²) in [6.07, 6.45) is 2.39. The summed E-state index contributed by atoms with van der Waals surface area (Å²) in [7, 11) is 0. The van der Waals surface area contributed by atoms with Gasteiger partial charge in [0, 0.05) is 31.0 Å². The highest BCUT2D eigenvalue weighted by atomic mass is 16.3. The molecule has 4 nitrogen and oxygen atoms in total. The first-order valence-corrected chi connectivity index (χ1v) is 6.25. The van der Waals surface area contributed by atoms with Gasteiger partial charge in [-0.15, -0.1) is 0 Å². The quantitative estimate of drug-likeness (QED) is 0.824. The van der Waals surface area contributed by atoms with E-state index in [1.807, 2.05) is 6.07 Å². The summed E-state index contributed by atoms with van der Waals surface area (Å²) >= 11 is 0. The zero-order valence-electron chi connectivity index (χ0n) is 11.2. The van der Waals surface area contributed by atoms with Crippen molar-refractivity contribution in [1.82, 2.24) is 9.97 Å². The molecule has 0 saturated heterocycles. The van der Waals surface area contributed by atoms with Gasteiger partial charge < -0.3 is 10.0 Å². The van der Waals surface area contributed by atoms with Crippen molar-refractivity contribution >= 4 is 5.82 Å². The third kappa shape index (κ3) is 3.97. The smallest absolute Gasteiger partial charge is 0.132 e. The van der Waals surface area contributed by atoms with Crippen molar-refractivity contribution in [3.05, 3.63) is 18.1 Å². The number of nitrogens with zero attached hydrogens (tertiary/aromatic N) is 3. The van der Waals surface area contributed by atoms with E-state index >= 15 is 0 Å². The number of rotatable bonds is 6. The first-order chi connectivity index (χ1) is 8.06. The molecule has 1 heterocycles. The van der Waals surface area contributed by atoms with Crippen LogP contribution in [-0.4, -0.2) is 34.3 Å². The Morgan fingerprint density at radius 2 is 1.94 bits per heavy atom. The average molecular weight is 237 g/mol. The fourth-order valence-electron chi connectivity index (χ4n) is 1.71. The lowest BCUT2D eigenvalue weighted by molar-refractivity contribution is 0.288. The highest BCUT2D eigenvalue weighted by Gasteiger charge is 2.13. The minimum atomic E-state index is 0.214. The zero-order valence-corrected chi connectivity index (χ0v) is 11.2. The second-order valence-corrected chi connectivity index (χ2v) is 4.82. The lowest BCUT2D eigenvalue weighted by Crippen LogP contribution is -2.33. The lowest BCUT2D eigenvalue weighted by Gasteiger charge is -2.28. The van der Waals surface area contributed by atoms with Crippen molar-refractivity contribution in [2.75, 3.05) is 18.1 Å². The second-order valence-electron chi connectivity index (χ2n) is 4.82. The Labute approximate surface area is 104 Å². The third-order valence-electron chi connectivity index (χ3n) is 2.74. The Bertz CT molecular complexity index is 339. The molecule has 4 heteroatoms. The predicted molar refractivity (Wildman–Crippen MR) is 70.3 cm³/mol. The molecule has 0 unspecified atom stereocenters. The van der Waals surface area contributed by atoms with Gasteiger partial charge in [0.2, 0.25) is 0 Å². The van der Waals surface area contributed by atoms with Gasteiger partial charge in [-0.25, -0.2) is 9.97 Å². The maximum Gasteiger partial charge on any atom is 0.132 e. The normalized spacial score (nSPS) is 11.2. The van der Waals surface area contributed by atoms with Crippen molar-refractivity contribution in [2.45, 2.75) is 46.1 Å². The van der Waals surface area contributed by atoms with Crippen LogP contribution in [0.3, 0.4) is 0 Å². The van der Waals surface area contributed by atoms with E-state index < -0.39 is 0 Å². The van der Waals surface area contributed by atoms with E-state index in [1.54, 1.807) is 6.33 Å². The number of anilines is 1. The van der Waals surface area contributed by atoms with Crippen molar-refractivity contribution in [1.29, 1.82) is 0 Å². The number of hydrogen-bond acceptors (Lipinski definition) is 4.